The molecule has 3 nitrogen and oxygen atoms in total. The van der Waals surface area contributed by atoms with E-state index < -0.39 is 0 Å². The third-order valence-electron chi connectivity index (χ3n) is 10.6. The van der Waals surface area contributed by atoms with Crippen molar-refractivity contribution in [3.05, 3.63) is 0 Å². The van der Waals surface area contributed by atoms with Crippen LogP contribution < -0.4 is 0 Å². The predicted molar refractivity (Wildman–Crippen MR) is 110 cm³/mol. The van der Waals surface area contributed by atoms with Gasteiger partial charge in [-0.05, 0) is 85.9 Å². The summed E-state index contributed by atoms with van der Waals surface area (Å²) in [4.78, 5) is 11.7. The number of fused-ring (bicyclic) bond motifs is 8. The van der Waals surface area contributed by atoms with Gasteiger partial charge >= 0.3 is 5.97 Å². The molecule has 1 heterocycles. The van der Waals surface area contributed by atoms with Crippen LogP contribution in [0.2, 0.25) is 0 Å². The first kappa shape index (κ1) is 19.4. The van der Waals surface area contributed by atoms with Crippen molar-refractivity contribution in [3.63, 3.8) is 0 Å². The third kappa shape index (κ3) is 2.60. The molecule has 4 saturated carbocycles. The molecule has 0 radical (unpaired) electrons. The van der Waals surface area contributed by atoms with Crippen LogP contribution in [-0.2, 0) is 14.3 Å². The Bertz CT molecular complexity index is 631. The number of rotatable bonds is 4. The molecule has 0 N–H and O–H groups in total. The topological polar surface area (TPSA) is 38.8 Å². The number of epoxide rings is 1. The summed E-state index contributed by atoms with van der Waals surface area (Å²) in [5, 5.41) is 0. The SMILES string of the molecule is COC(=O)CC[C@@H](C)[C@@H]1CC[C@@H]2[C@H]3CC[C@H]4CCCC[C@]4(C)[C@@H]3[C@H]3O[C@H]3[C@]21C. The molecule has 158 valence electrons. The minimum absolute atomic E-state index is 0.0562. The van der Waals surface area contributed by atoms with E-state index in [1.54, 1.807) is 0 Å². The number of carbonyl (C=O) groups is 1. The third-order valence-corrected chi connectivity index (χ3v) is 10.6. The number of methoxy groups -OCH3 is 1. The molecular weight excluding hydrogens is 348 g/mol. The van der Waals surface area contributed by atoms with Crippen molar-refractivity contribution in [2.75, 3.05) is 7.11 Å². The zero-order chi connectivity index (χ0) is 19.7. The Morgan fingerprint density at radius 1 is 1.14 bits per heavy atom. The maximum absolute atomic E-state index is 11.7. The van der Waals surface area contributed by atoms with Gasteiger partial charge in [0, 0.05) is 11.8 Å². The van der Waals surface area contributed by atoms with E-state index in [0.717, 1.165) is 30.1 Å². The molecule has 5 aliphatic rings. The summed E-state index contributed by atoms with van der Waals surface area (Å²) in [6, 6.07) is 0. The van der Waals surface area contributed by atoms with Crippen molar-refractivity contribution in [2.45, 2.75) is 97.2 Å². The van der Waals surface area contributed by atoms with Gasteiger partial charge in [0.2, 0.25) is 0 Å². The molecule has 0 aromatic carbocycles. The van der Waals surface area contributed by atoms with Gasteiger partial charge < -0.3 is 9.47 Å². The van der Waals surface area contributed by atoms with Crippen molar-refractivity contribution in [2.24, 2.45) is 46.3 Å². The van der Waals surface area contributed by atoms with Crippen LogP contribution >= 0.6 is 0 Å². The summed E-state index contributed by atoms with van der Waals surface area (Å²) in [5.41, 5.74) is 0.871. The van der Waals surface area contributed by atoms with Crippen molar-refractivity contribution < 1.29 is 14.3 Å². The first-order valence-electron chi connectivity index (χ1n) is 12.1. The predicted octanol–water partition coefficient (Wildman–Crippen LogP) is 5.61. The molecule has 3 heteroatoms. The van der Waals surface area contributed by atoms with Gasteiger partial charge in [0.1, 0.15) is 0 Å². The molecule has 0 aromatic heterocycles. The number of ether oxygens (including phenoxy) is 2. The molecule has 10 atom stereocenters. The summed E-state index contributed by atoms with van der Waals surface area (Å²) in [7, 11) is 1.51. The van der Waals surface area contributed by atoms with E-state index >= 15 is 0 Å². The van der Waals surface area contributed by atoms with Crippen molar-refractivity contribution >= 4 is 5.97 Å². The maximum Gasteiger partial charge on any atom is 0.305 e. The Morgan fingerprint density at radius 2 is 1.96 bits per heavy atom. The van der Waals surface area contributed by atoms with Crippen LogP contribution in [0.1, 0.15) is 85.0 Å². The monoisotopic (exact) mass is 388 g/mol. The van der Waals surface area contributed by atoms with Gasteiger partial charge in [-0.25, -0.2) is 0 Å². The van der Waals surface area contributed by atoms with Crippen LogP contribution in [0, 0.1) is 46.3 Å². The zero-order valence-corrected chi connectivity index (χ0v) is 18.4. The highest BCUT2D eigenvalue weighted by Gasteiger charge is 2.73. The van der Waals surface area contributed by atoms with Gasteiger partial charge in [0.25, 0.3) is 0 Å². The number of hydrogen-bond acceptors (Lipinski definition) is 3. The molecular formula is C25H40O3. The minimum Gasteiger partial charge on any atom is -0.469 e. The second-order valence-corrected chi connectivity index (χ2v) is 11.5. The van der Waals surface area contributed by atoms with Crippen LogP contribution in [0.3, 0.4) is 0 Å². The van der Waals surface area contributed by atoms with Gasteiger partial charge in [-0.1, -0.05) is 33.6 Å². The second kappa shape index (κ2) is 6.72. The molecule has 0 unspecified atom stereocenters. The zero-order valence-electron chi connectivity index (χ0n) is 18.4. The lowest BCUT2D eigenvalue weighted by Crippen LogP contribution is -2.56. The van der Waals surface area contributed by atoms with E-state index in [0.29, 0.717) is 41.3 Å². The van der Waals surface area contributed by atoms with Crippen LogP contribution in [0.4, 0.5) is 0 Å². The van der Waals surface area contributed by atoms with Gasteiger partial charge in [0.15, 0.2) is 0 Å². The summed E-state index contributed by atoms with van der Waals surface area (Å²) in [5.74, 6) is 4.72. The smallest absolute Gasteiger partial charge is 0.305 e. The summed E-state index contributed by atoms with van der Waals surface area (Å²) in [6.45, 7) is 7.59. The summed E-state index contributed by atoms with van der Waals surface area (Å²) < 4.78 is 11.5. The standard InChI is InChI=1S/C25H40O3/c1-15(8-13-20(26)27-4)18-11-12-19-17-10-9-16-7-5-6-14-24(16,2)21(17)22-23(28-22)25(18,19)3/h15-19,21-23H,5-14H2,1-4H3/t15-,16-,17-,18+,19-,21+,22-,23-,24+,25+/m1/s1. The number of hydrogen-bond donors (Lipinski definition) is 0. The first-order chi connectivity index (χ1) is 13.4. The fourth-order valence-electron chi connectivity index (χ4n) is 9.27. The molecule has 4 aliphatic carbocycles. The van der Waals surface area contributed by atoms with Crippen molar-refractivity contribution in [1.29, 1.82) is 0 Å². The highest BCUT2D eigenvalue weighted by Crippen LogP contribution is 2.73. The molecule has 0 amide bonds. The Hall–Kier alpha value is -0.570. The second-order valence-electron chi connectivity index (χ2n) is 11.5. The minimum atomic E-state index is -0.0562. The quantitative estimate of drug-likeness (QED) is 0.464. The fourth-order valence-corrected chi connectivity index (χ4v) is 9.27. The highest BCUT2D eigenvalue weighted by atomic mass is 16.6. The maximum atomic E-state index is 11.7. The van der Waals surface area contributed by atoms with Crippen molar-refractivity contribution in [1.82, 2.24) is 0 Å². The van der Waals surface area contributed by atoms with E-state index in [-0.39, 0.29) is 5.97 Å². The molecule has 0 aromatic rings. The van der Waals surface area contributed by atoms with Crippen molar-refractivity contribution in [3.8, 4) is 0 Å². The highest BCUT2D eigenvalue weighted by molar-refractivity contribution is 5.69. The van der Waals surface area contributed by atoms with Gasteiger partial charge in [-0.15, -0.1) is 0 Å². The lowest BCUT2D eigenvalue weighted by atomic mass is 9.44. The Labute approximate surface area is 171 Å². The Morgan fingerprint density at radius 3 is 2.75 bits per heavy atom. The molecule has 1 saturated heterocycles. The van der Waals surface area contributed by atoms with E-state index in [9.17, 15) is 4.79 Å². The Kier molecular flexibility index (Phi) is 4.66. The van der Waals surface area contributed by atoms with Gasteiger partial charge in [-0.2, -0.15) is 0 Å². The molecule has 28 heavy (non-hydrogen) atoms. The van der Waals surface area contributed by atoms with E-state index in [2.05, 4.69) is 20.8 Å². The van der Waals surface area contributed by atoms with E-state index in [1.165, 1.54) is 58.5 Å². The molecule has 0 bridgehead atoms. The lowest BCUT2D eigenvalue weighted by Gasteiger charge is -2.59. The fraction of sp³-hybridized carbons (Fsp3) is 0.960. The summed E-state index contributed by atoms with van der Waals surface area (Å²) in [6.07, 6.45) is 14.0. The average molecular weight is 389 g/mol. The Balaban J connectivity index is 1.38. The molecule has 5 fully saturated rings. The van der Waals surface area contributed by atoms with Crippen LogP contribution in [-0.4, -0.2) is 25.3 Å². The van der Waals surface area contributed by atoms with Crippen LogP contribution in [0.5, 0.6) is 0 Å². The van der Waals surface area contributed by atoms with Gasteiger partial charge in [-0.3, -0.25) is 4.79 Å². The number of esters is 1. The molecule has 1 aliphatic heterocycles. The van der Waals surface area contributed by atoms with E-state index in [1.807, 2.05) is 0 Å². The number of carbonyl (C=O) groups excluding carboxylic acids is 1. The normalized spacial score (nSPS) is 52.6. The summed E-state index contributed by atoms with van der Waals surface area (Å²) >= 11 is 0. The van der Waals surface area contributed by atoms with Crippen LogP contribution in [0.15, 0.2) is 0 Å². The first-order valence-corrected chi connectivity index (χ1v) is 12.1. The van der Waals surface area contributed by atoms with Gasteiger partial charge in [0.05, 0.1) is 19.3 Å². The molecule has 5 rings (SSSR count). The average Bonchev–Trinajstić information content (AvgIpc) is 3.41. The van der Waals surface area contributed by atoms with Crippen LogP contribution in [0.25, 0.3) is 0 Å². The van der Waals surface area contributed by atoms with E-state index in [4.69, 9.17) is 9.47 Å². The largest absolute Gasteiger partial charge is 0.469 e. The lowest BCUT2D eigenvalue weighted by molar-refractivity contribution is -0.141. The molecule has 0 spiro atoms.